The zero-order chi connectivity index (χ0) is 11.5. The molecule has 0 fully saturated rings. The SMILES string of the molecule is Cc1cc(Br)cc(C(Br)c2ccccc2)c1. The van der Waals surface area contributed by atoms with Crippen LogP contribution in [-0.2, 0) is 0 Å². The summed E-state index contributed by atoms with van der Waals surface area (Å²) in [5.74, 6) is 0. The summed E-state index contributed by atoms with van der Waals surface area (Å²) in [7, 11) is 0. The Balaban J connectivity index is 2.37. The Morgan fingerprint density at radius 2 is 1.62 bits per heavy atom. The largest absolute Gasteiger partial charge is 0.0786 e. The third-order valence-electron chi connectivity index (χ3n) is 2.45. The van der Waals surface area contributed by atoms with Crippen molar-refractivity contribution in [3.05, 3.63) is 69.7 Å². The number of aryl methyl sites for hydroxylation is 1. The van der Waals surface area contributed by atoms with Gasteiger partial charge in [-0.15, -0.1) is 0 Å². The number of alkyl halides is 1. The number of rotatable bonds is 2. The van der Waals surface area contributed by atoms with E-state index in [9.17, 15) is 0 Å². The van der Waals surface area contributed by atoms with Gasteiger partial charge in [0.15, 0.2) is 0 Å². The van der Waals surface area contributed by atoms with E-state index in [0.717, 1.165) is 4.47 Å². The van der Waals surface area contributed by atoms with Gasteiger partial charge in [0.05, 0.1) is 4.83 Å². The summed E-state index contributed by atoms with van der Waals surface area (Å²) < 4.78 is 1.13. The van der Waals surface area contributed by atoms with Crippen molar-refractivity contribution in [2.75, 3.05) is 0 Å². The Morgan fingerprint density at radius 1 is 0.938 bits per heavy atom. The van der Waals surface area contributed by atoms with Gasteiger partial charge in [-0.1, -0.05) is 68.3 Å². The Labute approximate surface area is 113 Å². The first kappa shape index (κ1) is 11.9. The molecule has 16 heavy (non-hydrogen) atoms. The van der Waals surface area contributed by atoms with Crippen molar-refractivity contribution in [2.24, 2.45) is 0 Å². The minimum atomic E-state index is 0.255. The number of hydrogen-bond acceptors (Lipinski definition) is 0. The van der Waals surface area contributed by atoms with Crippen LogP contribution >= 0.6 is 31.9 Å². The van der Waals surface area contributed by atoms with Crippen LogP contribution in [0.1, 0.15) is 21.5 Å². The Morgan fingerprint density at radius 3 is 2.25 bits per heavy atom. The van der Waals surface area contributed by atoms with E-state index in [0.29, 0.717) is 0 Å². The summed E-state index contributed by atoms with van der Waals surface area (Å²) >= 11 is 7.27. The van der Waals surface area contributed by atoms with Crippen LogP contribution in [0.5, 0.6) is 0 Å². The highest BCUT2D eigenvalue weighted by Gasteiger charge is 2.10. The fraction of sp³-hybridized carbons (Fsp3) is 0.143. The lowest BCUT2D eigenvalue weighted by atomic mass is 10.0. The molecule has 2 heteroatoms. The van der Waals surface area contributed by atoms with Gasteiger partial charge in [-0.3, -0.25) is 0 Å². The van der Waals surface area contributed by atoms with Crippen molar-refractivity contribution in [3.63, 3.8) is 0 Å². The molecule has 0 aromatic heterocycles. The molecule has 1 atom stereocenters. The van der Waals surface area contributed by atoms with Gasteiger partial charge in [-0.05, 0) is 35.7 Å². The summed E-state index contributed by atoms with van der Waals surface area (Å²) in [6, 6.07) is 16.9. The van der Waals surface area contributed by atoms with Crippen LogP contribution < -0.4 is 0 Å². The van der Waals surface area contributed by atoms with Crippen molar-refractivity contribution in [3.8, 4) is 0 Å². The second kappa shape index (κ2) is 5.15. The molecule has 0 aliphatic rings. The second-order valence-corrected chi connectivity index (χ2v) is 5.67. The molecule has 2 aromatic carbocycles. The fourth-order valence-electron chi connectivity index (χ4n) is 1.73. The highest BCUT2D eigenvalue weighted by Crippen LogP contribution is 2.32. The van der Waals surface area contributed by atoms with Crippen molar-refractivity contribution in [1.82, 2.24) is 0 Å². The van der Waals surface area contributed by atoms with Crippen LogP contribution in [0, 0.1) is 6.92 Å². The van der Waals surface area contributed by atoms with Gasteiger partial charge in [-0.2, -0.15) is 0 Å². The summed E-state index contributed by atoms with van der Waals surface area (Å²) in [5.41, 5.74) is 3.82. The predicted octanol–water partition coefficient (Wildman–Crippen LogP) is 5.24. The normalized spacial score (nSPS) is 12.4. The van der Waals surface area contributed by atoms with Crippen molar-refractivity contribution in [2.45, 2.75) is 11.8 Å². The predicted molar refractivity (Wildman–Crippen MR) is 76.1 cm³/mol. The summed E-state index contributed by atoms with van der Waals surface area (Å²) in [5, 5.41) is 0. The molecule has 0 saturated heterocycles. The molecule has 0 heterocycles. The molecular weight excluding hydrogens is 328 g/mol. The molecule has 82 valence electrons. The molecule has 0 aliphatic heterocycles. The summed E-state index contributed by atoms with van der Waals surface area (Å²) in [6.45, 7) is 2.11. The summed E-state index contributed by atoms with van der Waals surface area (Å²) in [6.07, 6.45) is 0. The molecule has 0 saturated carbocycles. The molecule has 0 nitrogen and oxygen atoms in total. The first-order valence-electron chi connectivity index (χ1n) is 5.13. The van der Waals surface area contributed by atoms with Gasteiger partial charge in [0, 0.05) is 4.47 Å². The quantitative estimate of drug-likeness (QED) is 0.656. The Kier molecular flexibility index (Phi) is 3.82. The first-order chi connectivity index (χ1) is 7.66. The first-order valence-corrected chi connectivity index (χ1v) is 6.84. The maximum atomic E-state index is 3.74. The highest BCUT2D eigenvalue weighted by molar-refractivity contribution is 9.10. The van der Waals surface area contributed by atoms with Crippen molar-refractivity contribution < 1.29 is 0 Å². The molecule has 2 rings (SSSR count). The Bertz CT molecular complexity index is 457. The van der Waals surface area contributed by atoms with Gasteiger partial charge in [0.25, 0.3) is 0 Å². The third-order valence-corrected chi connectivity index (χ3v) is 3.96. The van der Waals surface area contributed by atoms with E-state index in [-0.39, 0.29) is 4.83 Å². The van der Waals surface area contributed by atoms with E-state index in [4.69, 9.17) is 0 Å². The minimum Gasteiger partial charge on any atom is -0.0786 e. The summed E-state index contributed by atoms with van der Waals surface area (Å²) in [4.78, 5) is 0.255. The van der Waals surface area contributed by atoms with Gasteiger partial charge in [0.2, 0.25) is 0 Å². The zero-order valence-electron chi connectivity index (χ0n) is 8.95. The molecule has 0 aliphatic carbocycles. The highest BCUT2D eigenvalue weighted by atomic mass is 79.9. The van der Waals surface area contributed by atoms with Crippen LogP contribution in [0.25, 0.3) is 0 Å². The number of hydrogen-bond donors (Lipinski definition) is 0. The van der Waals surface area contributed by atoms with Crippen LogP contribution in [0.2, 0.25) is 0 Å². The molecule has 0 spiro atoms. The van der Waals surface area contributed by atoms with E-state index in [1.165, 1.54) is 16.7 Å². The van der Waals surface area contributed by atoms with Crippen LogP contribution in [-0.4, -0.2) is 0 Å². The molecular formula is C14H12Br2. The van der Waals surface area contributed by atoms with E-state index in [1.807, 2.05) is 6.07 Å². The van der Waals surface area contributed by atoms with E-state index >= 15 is 0 Å². The lowest BCUT2D eigenvalue weighted by Gasteiger charge is -2.12. The standard InChI is InChI=1S/C14H12Br2/c1-10-7-12(9-13(15)8-10)14(16)11-5-3-2-4-6-11/h2-9,14H,1H3. The van der Waals surface area contributed by atoms with Crippen molar-refractivity contribution >= 4 is 31.9 Å². The maximum Gasteiger partial charge on any atom is 0.0645 e. The average Bonchev–Trinajstić information content (AvgIpc) is 2.28. The lowest BCUT2D eigenvalue weighted by molar-refractivity contribution is 1.16. The maximum absolute atomic E-state index is 3.74. The Hall–Kier alpha value is -0.600. The second-order valence-electron chi connectivity index (χ2n) is 3.84. The molecule has 2 aromatic rings. The van der Waals surface area contributed by atoms with Gasteiger partial charge in [-0.25, -0.2) is 0 Å². The van der Waals surface area contributed by atoms with Gasteiger partial charge < -0.3 is 0 Å². The van der Waals surface area contributed by atoms with E-state index < -0.39 is 0 Å². The zero-order valence-corrected chi connectivity index (χ0v) is 12.1. The van der Waals surface area contributed by atoms with Crippen molar-refractivity contribution in [1.29, 1.82) is 0 Å². The topological polar surface area (TPSA) is 0 Å². The molecule has 0 bridgehead atoms. The van der Waals surface area contributed by atoms with E-state index in [2.05, 4.69) is 81.2 Å². The molecule has 0 N–H and O–H groups in total. The van der Waals surface area contributed by atoms with Crippen LogP contribution in [0.4, 0.5) is 0 Å². The average molecular weight is 340 g/mol. The molecule has 0 radical (unpaired) electrons. The van der Waals surface area contributed by atoms with Crippen LogP contribution in [0.3, 0.4) is 0 Å². The molecule has 0 amide bonds. The minimum absolute atomic E-state index is 0.255. The smallest absolute Gasteiger partial charge is 0.0645 e. The lowest BCUT2D eigenvalue weighted by Crippen LogP contribution is -1.93. The van der Waals surface area contributed by atoms with Gasteiger partial charge >= 0.3 is 0 Å². The molecule has 1 unspecified atom stereocenters. The van der Waals surface area contributed by atoms with Gasteiger partial charge in [0.1, 0.15) is 0 Å². The number of benzene rings is 2. The van der Waals surface area contributed by atoms with Crippen LogP contribution in [0.15, 0.2) is 53.0 Å². The number of halogens is 2. The fourth-order valence-corrected chi connectivity index (χ4v) is 2.92. The monoisotopic (exact) mass is 338 g/mol. The van der Waals surface area contributed by atoms with E-state index in [1.54, 1.807) is 0 Å². The third kappa shape index (κ3) is 2.74.